The number of benzene rings is 1. The Morgan fingerprint density at radius 1 is 0.852 bits per heavy atom. The molecule has 3 nitrogen and oxygen atoms in total. The normalized spacial score (nSPS) is 17.3. The summed E-state index contributed by atoms with van der Waals surface area (Å²) in [4.78, 5) is 4.27. The molecule has 0 bridgehead atoms. The van der Waals surface area contributed by atoms with Crippen molar-refractivity contribution in [2.45, 2.75) is 4.71 Å². The van der Waals surface area contributed by atoms with Crippen LogP contribution in [0.1, 0.15) is 0 Å². The van der Waals surface area contributed by atoms with Gasteiger partial charge in [0.05, 0.1) is 0 Å². The van der Waals surface area contributed by atoms with Crippen LogP contribution in [0.5, 0.6) is 0 Å². The maximum absolute atomic E-state index is 12.8. The molecule has 1 aliphatic heterocycles. The largest absolute Gasteiger partial charge is 0 e. The van der Waals surface area contributed by atoms with Crippen molar-refractivity contribution in [1.82, 2.24) is 4.90 Å². The molecule has 0 spiro atoms. The molecule has 1 aliphatic rings. The number of aromatic nitrogens is 1. The summed E-state index contributed by atoms with van der Waals surface area (Å²) in [6, 6.07) is 7.93. The van der Waals surface area contributed by atoms with E-state index in [9.17, 15) is 16.4 Å². The molecule has 1 fully saturated rings. The maximum Gasteiger partial charge on any atom is 0 e. The summed E-state index contributed by atoms with van der Waals surface area (Å²) in [5, 5.41) is -1.18. The van der Waals surface area contributed by atoms with Crippen molar-refractivity contribution in [1.29, 1.82) is 0 Å². The predicted molar refractivity (Wildman–Crippen MR) is 100 cm³/mol. The maximum atomic E-state index is 12.8. The Hall–Kier alpha value is -0.493. The minimum absolute atomic E-state index is 0. The topological polar surface area (TPSA) is 10.4 Å². The van der Waals surface area contributed by atoms with Crippen LogP contribution in [0.15, 0.2) is 48.8 Å². The third-order valence-electron chi connectivity index (χ3n) is 4.39. The smallest absolute Gasteiger partial charge is 0 e. The van der Waals surface area contributed by atoms with Crippen LogP contribution in [-0.2, 0) is 47.6 Å². The second-order valence-electron chi connectivity index (χ2n) is 6.15. The van der Waals surface area contributed by atoms with Crippen LogP contribution in [0, 0.1) is 0 Å². The standard InChI is InChI=1S/C16H19F4N3S2Si.Au/c17-26(18,19,20)15-3-1-13(2-4-15)21-7-5-14(6-8-21)22-9-11-23(12-10-22)16(24)25;/h1-8,16,24-25H,9-12H2;/p-2. The molecule has 0 atom stereocenters. The van der Waals surface area contributed by atoms with E-state index in [1.807, 2.05) is 12.1 Å². The van der Waals surface area contributed by atoms with Gasteiger partial charge in [0.1, 0.15) is 0 Å². The first-order chi connectivity index (χ1) is 12.1. The molecule has 0 N–H and O–H groups in total. The van der Waals surface area contributed by atoms with Gasteiger partial charge in [-0.25, -0.2) is 4.71 Å². The zero-order valence-electron chi connectivity index (χ0n) is 14.0. The van der Waals surface area contributed by atoms with Crippen LogP contribution in [0.2, 0.25) is 0 Å². The molecule has 153 valence electrons. The fourth-order valence-electron chi connectivity index (χ4n) is 2.88. The van der Waals surface area contributed by atoms with Gasteiger partial charge in [-0.2, -0.15) is 0 Å². The molecular formula is C16H17AuF4N3S2Si-2. The van der Waals surface area contributed by atoms with E-state index in [0.717, 1.165) is 44.0 Å². The third-order valence-corrected chi connectivity index (χ3v) is 6.19. The Balaban J connectivity index is 0.00000261. The number of anilines is 1. The van der Waals surface area contributed by atoms with Crippen molar-refractivity contribution in [2.24, 2.45) is 0 Å². The predicted octanol–water partition coefficient (Wildman–Crippen LogP) is 1.93. The van der Waals surface area contributed by atoms with Crippen LogP contribution < -0.4 is 14.7 Å². The Bertz CT molecular complexity index is 755. The van der Waals surface area contributed by atoms with Gasteiger partial charge < -0.3 is 25.3 Å². The quantitative estimate of drug-likeness (QED) is 0.171. The average Bonchev–Trinajstić information content (AvgIpc) is 2.61. The van der Waals surface area contributed by atoms with Crippen molar-refractivity contribution >= 4 is 44.8 Å². The first-order valence-corrected chi connectivity index (χ1v) is 11.0. The van der Waals surface area contributed by atoms with E-state index in [1.54, 1.807) is 17.0 Å². The van der Waals surface area contributed by atoms with E-state index in [0.29, 0.717) is 5.69 Å². The van der Waals surface area contributed by atoms with Gasteiger partial charge in [-0.05, 0) is 0 Å². The Kier molecular flexibility index (Phi) is 7.16. The summed E-state index contributed by atoms with van der Waals surface area (Å²) >= 11 is 10.2. The van der Waals surface area contributed by atoms with E-state index in [4.69, 9.17) is 25.3 Å². The number of rotatable bonds is 4. The van der Waals surface area contributed by atoms with Gasteiger partial charge in [0, 0.05) is 22.4 Å². The van der Waals surface area contributed by atoms with Crippen LogP contribution in [0.25, 0.3) is 5.69 Å². The van der Waals surface area contributed by atoms with Crippen LogP contribution in [0.3, 0.4) is 0 Å². The van der Waals surface area contributed by atoms with Crippen molar-refractivity contribution in [3.8, 4) is 5.69 Å². The fourth-order valence-corrected chi connectivity index (χ4v) is 3.97. The number of halogens is 4. The minimum Gasteiger partial charge on any atom is 0 e. The van der Waals surface area contributed by atoms with Crippen molar-refractivity contribution in [2.75, 3.05) is 31.1 Å². The van der Waals surface area contributed by atoms with Gasteiger partial charge >= 0.3 is 131 Å². The molecule has 2 aromatic rings. The monoisotopic (exact) mass is 616 g/mol. The molecule has 0 unspecified atom stereocenters. The Morgan fingerprint density at radius 3 is 1.81 bits per heavy atom. The first-order valence-electron chi connectivity index (χ1n) is 8.03. The summed E-state index contributed by atoms with van der Waals surface area (Å²) in [6.45, 7) is 3.24. The Labute approximate surface area is 182 Å². The minimum atomic E-state index is -7.95. The van der Waals surface area contributed by atoms with Gasteiger partial charge in [0.15, 0.2) is 0 Å². The molecule has 0 amide bonds. The second-order valence-corrected chi connectivity index (χ2v) is 9.53. The summed E-state index contributed by atoms with van der Waals surface area (Å²) in [5.74, 6) is 0. The number of piperazine rings is 1. The van der Waals surface area contributed by atoms with Crippen LogP contribution in [-0.4, -0.2) is 44.5 Å². The van der Waals surface area contributed by atoms with E-state index < -0.39 is 13.9 Å². The van der Waals surface area contributed by atoms with Gasteiger partial charge in [-0.1, -0.05) is 0 Å². The molecule has 0 saturated carbocycles. The average molecular weight is 617 g/mol. The van der Waals surface area contributed by atoms with Gasteiger partial charge in [-0.3, -0.25) is 0 Å². The van der Waals surface area contributed by atoms with Gasteiger partial charge in [0.25, 0.3) is 0 Å². The number of pyridine rings is 1. The van der Waals surface area contributed by atoms with Crippen molar-refractivity contribution < 1.29 is 43.4 Å². The van der Waals surface area contributed by atoms with E-state index in [2.05, 4.69) is 9.80 Å². The first kappa shape index (κ1) is 22.8. The van der Waals surface area contributed by atoms with E-state index in [1.165, 1.54) is 12.1 Å². The number of hydrogen-bond donors (Lipinski definition) is 0. The molecule has 1 aromatic carbocycles. The molecule has 3 rings (SSSR count). The molecule has 27 heavy (non-hydrogen) atoms. The summed E-state index contributed by atoms with van der Waals surface area (Å²) in [7, 11) is -7.95. The third kappa shape index (κ3) is 5.75. The van der Waals surface area contributed by atoms with Crippen LogP contribution >= 0.6 is 0 Å². The SMILES string of the molecule is F[Si-](F)(F)(F)c1ccc(-[n+]2ccc(N3CCN(C([S-])[S-])CC3)cc2)cc1.[Au]. The van der Waals surface area contributed by atoms with Crippen molar-refractivity contribution in [3.63, 3.8) is 0 Å². The molecule has 1 radical (unpaired) electrons. The summed E-state index contributed by atoms with van der Waals surface area (Å²) < 4.78 is 52.6. The van der Waals surface area contributed by atoms with Crippen molar-refractivity contribution in [3.05, 3.63) is 48.8 Å². The van der Waals surface area contributed by atoms with E-state index in [-0.39, 0.29) is 27.1 Å². The van der Waals surface area contributed by atoms with Gasteiger partial charge in [0.2, 0.25) is 0 Å². The molecule has 1 saturated heterocycles. The fraction of sp³-hybridized carbons (Fsp3) is 0.312. The molecule has 0 aliphatic carbocycles. The molecule has 11 heteroatoms. The second kappa shape index (κ2) is 8.48. The van der Waals surface area contributed by atoms with E-state index >= 15 is 0 Å². The zero-order chi connectivity index (χ0) is 19.0. The number of hydrogen-bond acceptors (Lipinski definition) is 4. The molecule has 2 heterocycles. The summed E-state index contributed by atoms with van der Waals surface area (Å²) in [6.07, 6.45) is 3.55. The Morgan fingerprint density at radius 2 is 1.37 bits per heavy atom. The zero-order valence-corrected chi connectivity index (χ0v) is 18.8. The molecular weight excluding hydrogens is 599 g/mol. The molecule has 1 aromatic heterocycles. The van der Waals surface area contributed by atoms with Gasteiger partial charge in [-0.15, -0.1) is 0 Å². The van der Waals surface area contributed by atoms with Crippen LogP contribution in [0.4, 0.5) is 22.1 Å². The summed E-state index contributed by atoms with van der Waals surface area (Å²) in [5.41, 5.74) is 1.56. The number of nitrogens with zero attached hydrogens (tertiary/aromatic N) is 3.